The lowest BCUT2D eigenvalue weighted by atomic mass is 10.1. The minimum atomic E-state index is -0.504. The molecule has 2 aromatic heterocycles. The molecule has 1 N–H and O–H groups in total. The van der Waals surface area contributed by atoms with Crippen molar-refractivity contribution in [2.45, 2.75) is 26.4 Å². The van der Waals surface area contributed by atoms with E-state index in [2.05, 4.69) is 5.10 Å². The van der Waals surface area contributed by atoms with E-state index in [-0.39, 0.29) is 0 Å². The Kier molecular flexibility index (Phi) is 3.56. The molecule has 0 radical (unpaired) electrons. The third-order valence-electron chi connectivity index (χ3n) is 2.87. The molecular weight excluding hydrogens is 256 g/mol. The number of aromatic nitrogens is 2. The summed E-state index contributed by atoms with van der Waals surface area (Å²) < 4.78 is 1.64. The lowest BCUT2D eigenvalue weighted by Gasteiger charge is -2.09. The maximum absolute atomic E-state index is 10.2. The molecule has 5 heteroatoms. The van der Waals surface area contributed by atoms with Crippen molar-refractivity contribution in [1.82, 2.24) is 9.78 Å². The quantitative estimate of drug-likeness (QED) is 0.931. The number of aryl methyl sites for hydroxylation is 3. The Morgan fingerprint density at radius 2 is 2.24 bits per heavy atom. The summed E-state index contributed by atoms with van der Waals surface area (Å²) >= 11 is 7.73. The molecule has 0 saturated carbocycles. The highest BCUT2D eigenvalue weighted by Gasteiger charge is 2.18. The van der Waals surface area contributed by atoms with E-state index in [0.717, 1.165) is 21.7 Å². The van der Waals surface area contributed by atoms with Crippen LogP contribution in [0.4, 0.5) is 0 Å². The zero-order valence-corrected chi connectivity index (χ0v) is 11.6. The molecule has 2 aromatic rings. The minimum Gasteiger partial charge on any atom is -0.387 e. The van der Waals surface area contributed by atoms with Crippen LogP contribution in [0.2, 0.25) is 5.15 Å². The molecule has 0 aliphatic rings. The number of aliphatic hydroxyl groups excluding tert-OH is 1. The average Bonchev–Trinajstić information content (AvgIpc) is 2.78. The van der Waals surface area contributed by atoms with Crippen LogP contribution in [0.1, 0.15) is 27.8 Å². The highest BCUT2D eigenvalue weighted by Crippen LogP contribution is 2.29. The number of hydrogen-bond donors (Lipinski definition) is 1. The van der Waals surface area contributed by atoms with Gasteiger partial charge in [0.2, 0.25) is 0 Å². The molecule has 0 fully saturated rings. The number of nitrogens with zero attached hydrogens (tertiary/aromatic N) is 2. The summed E-state index contributed by atoms with van der Waals surface area (Å²) in [7, 11) is 1.81. The molecule has 92 valence electrons. The fraction of sp³-hybridized carbons (Fsp3) is 0.417. The first-order valence-corrected chi connectivity index (χ1v) is 6.66. The summed E-state index contributed by atoms with van der Waals surface area (Å²) in [6, 6.07) is 2.01. The van der Waals surface area contributed by atoms with Crippen molar-refractivity contribution in [3.8, 4) is 0 Å². The predicted octanol–water partition coefficient (Wildman–Crippen LogP) is 3.03. The predicted molar refractivity (Wildman–Crippen MR) is 70.7 cm³/mol. The van der Waals surface area contributed by atoms with E-state index in [9.17, 15) is 5.11 Å². The van der Waals surface area contributed by atoms with E-state index in [1.165, 1.54) is 0 Å². The van der Waals surface area contributed by atoms with Gasteiger partial charge in [0.1, 0.15) is 5.15 Å². The number of aliphatic hydroxyl groups is 1. The molecule has 0 bridgehead atoms. The summed E-state index contributed by atoms with van der Waals surface area (Å²) in [5, 5.41) is 17.1. The van der Waals surface area contributed by atoms with Crippen molar-refractivity contribution in [3.05, 3.63) is 38.3 Å². The fourth-order valence-electron chi connectivity index (χ4n) is 1.92. The monoisotopic (exact) mass is 270 g/mol. The Morgan fingerprint density at radius 1 is 1.53 bits per heavy atom. The van der Waals surface area contributed by atoms with Gasteiger partial charge in [-0.05, 0) is 30.9 Å². The molecule has 2 rings (SSSR count). The third kappa shape index (κ3) is 2.39. The molecule has 0 aliphatic carbocycles. The van der Waals surface area contributed by atoms with Crippen LogP contribution in [0.3, 0.4) is 0 Å². The van der Waals surface area contributed by atoms with Crippen LogP contribution >= 0.6 is 22.9 Å². The first kappa shape index (κ1) is 12.6. The number of halogens is 1. The zero-order valence-electron chi connectivity index (χ0n) is 10.1. The van der Waals surface area contributed by atoms with Crippen LogP contribution in [0.5, 0.6) is 0 Å². The number of rotatable bonds is 3. The molecule has 0 spiro atoms. The molecule has 1 atom stereocenters. The minimum absolute atomic E-state index is 0.504. The Balaban J connectivity index is 2.24. The summed E-state index contributed by atoms with van der Waals surface area (Å²) in [4.78, 5) is 1.00. The summed E-state index contributed by atoms with van der Waals surface area (Å²) in [5.41, 5.74) is 2.93. The largest absolute Gasteiger partial charge is 0.387 e. The number of hydrogen-bond acceptors (Lipinski definition) is 3. The van der Waals surface area contributed by atoms with Gasteiger partial charge in [0.25, 0.3) is 0 Å². The van der Waals surface area contributed by atoms with Crippen LogP contribution in [-0.2, 0) is 13.5 Å². The second-order valence-corrected chi connectivity index (χ2v) is 5.47. The Morgan fingerprint density at radius 3 is 2.71 bits per heavy atom. The second kappa shape index (κ2) is 4.80. The van der Waals surface area contributed by atoms with Crippen molar-refractivity contribution in [2.75, 3.05) is 0 Å². The summed E-state index contributed by atoms with van der Waals surface area (Å²) in [5.74, 6) is 0. The Hall–Kier alpha value is -0.840. The lowest BCUT2D eigenvalue weighted by molar-refractivity contribution is 0.181. The van der Waals surface area contributed by atoms with Crippen LogP contribution in [0.15, 0.2) is 11.4 Å². The Labute approximate surface area is 110 Å². The molecule has 0 aromatic carbocycles. The first-order valence-electron chi connectivity index (χ1n) is 5.40. The maximum atomic E-state index is 10.2. The topological polar surface area (TPSA) is 38.1 Å². The van der Waals surface area contributed by atoms with E-state index in [0.29, 0.717) is 11.6 Å². The van der Waals surface area contributed by atoms with Gasteiger partial charge in [0.05, 0.1) is 11.8 Å². The molecule has 3 nitrogen and oxygen atoms in total. The van der Waals surface area contributed by atoms with E-state index < -0.39 is 6.10 Å². The van der Waals surface area contributed by atoms with Gasteiger partial charge in [0.15, 0.2) is 0 Å². The summed E-state index contributed by atoms with van der Waals surface area (Å²) in [6.45, 7) is 3.92. The van der Waals surface area contributed by atoms with Gasteiger partial charge in [-0.25, -0.2) is 0 Å². The van der Waals surface area contributed by atoms with Crippen molar-refractivity contribution in [1.29, 1.82) is 0 Å². The smallest absolute Gasteiger partial charge is 0.130 e. The van der Waals surface area contributed by atoms with E-state index in [1.807, 2.05) is 32.3 Å². The van der Waals surface area contributed by atoms with Crippen LogP contribution in [0, 0.1) is 13.8 Å². The molecule has 0 amide bonds. The molecule has 0 aliphatic heterocycles. The van der Waals surface area contributed by atoms with E-state index >= 15 is 0 Å². The van der Waals surface area contributed by atoms with Gasteiger partial charge >= 0.3 is 0 Å². The lowest BCUT2D eigenvalue weighted by Crippen LogP contribution is -2.02. The van der Waals surface area contributed by atoms with Crippen LogP contribution in [0.25, 0.3) is 0 Å². The van der Waals surface area contributed by atoms with E-state index in [1.54, 1.807) is 16.0 Å². The first-order chi connectivity index (χ1) is 8.00. The third-order valence-corrected chi connectivity index (χ3v) is 4.46. The normalized spacial score (nSPS) is 13.0. The van der Waals surface area contributed by atoms with Crippen LogP contribution in [-0.4, -0.2) is 14.9 Å². The average molecular weight is 271 g/mol. The fourth-order valence-corrected chi connectivity index (χ4v) is 3.08. The number of thiophene rings is 1. The maximum Gasteiger partial charge on any atom is 0.130 e. The van der Waals surface area contributed by atoms with Gasteiger partial charge in [-0.2, -0.15) is 5.10 Å². The van der Waals surface area contributed by atoms with Gasteiger partial charge in [0, 0.05) is 23.9 Å². The molecule has 17 heavy (non-hydrogen) atoms. The SMILES string of the molecule is Cc1ccsc1C(O)Cc1c(C)nn(C)c1Cl. The van der Waals surface area contributed by atoms with E-state index in [4.69, 9.17) is 11.6 Å². The Bertz CT molecular complexity index is 533. The molecule has 0 saturated heterocycles. The zero-order chi connectivity index (χ0) is 12.6. The summed E-state index contributed by atoms with van der Waals surface area (Å²) in [6.07, 6.45) is 0.00949. The highest BCUT2D eigenvalue weighted by molar-refractivity contribution is 7.10. The van der Waals surface area contributed by atoms with Gasteiger partial charge in [-0.3, -0.25) is 4.68 Å². The second-order valence-electron chi connectivity index (χ2n) is 4.17. The van der Waals surface area contributed by atoms with Gasteiger partial charge < -0.3 is 5.11 Å². The van der Waals surface area contributed by atoms with Gasteiger partial charge in [-0.15, -0.1) is 11.3 Å². The van der Waals surface area contributed by atoms with Crippen LogP contribution < -0.4 is 0 Å². The standard InChI is InChI=1S/C12H15ClN2OS/c1-7-4-5-17-11(7)10(16)6-9-8(2)14-15(3)12(9)13/h4-5,10,16H,6H2,1-3H3. The molecule has 2 heterocycles. The van der Waals surface area contributed by atoms with Crippen molar-refractivity contribution in [3.63, 3.8) is 0 Å². The van der Waals surface area contributed by atoms with Crippen molar-refractivity contribution >= 4 is 22.9 Å². The van der Waals surface area contributed by atoms with Gasteiger partial charge in [-0.1, -0.05) is 11.6 Å². The highest BCUT2D eigenvalue weighted by atomic mass is 35.5. The van der Waals surface area contributed by atoms with Crippen molar-refractivity contribution in [2.24, 2.45) is 7.05 Å². The van der Waals surface area contributed by atoms with Crippen molar-refractivity contribution < 1.29 is 5.11 Å². The molecular formula is C12H15ClN2OS. The molecule has 1 unspecified atom stereocenters.